The Morgan fingerprint density at radius 2 is 1.55 bits per heavy atom. The Kier molecular flexibility index (Phi) is 7.03. The van der Waals surface area contributed by atoms with Gasteiger partial charge in [-0.3, -0.25) is 4.79 Å². The monoisotopic (exact) mass is 548 g/mol. The van der Waals surface area contributed by atoms with Crippen LogP contribution in [-0.2, 0) is 17.4 Å². The lowest BCUT2D eigenvalue weighted by Gasteiger charge is -2.10. The topological polar surface area (TPSA) is 97.1 Å². The Balaban J connectivity index is 1.33. The number of urea groups is 1. The molecule has 202 valence electrons. The fourth-order valence-corrected chi connectivity index (χ4v) is 4.00. The number of anilines is 2. The number of pyridine rings is 1. The van der Waals surface area contributed by atoms with E-state index in [9.17, 15) is 27.2 Å². The quantitative estimate of drug-likeness (QED) is 0.214. The maximum atomic E-state index is 14.7. The summed E-state index contributed by atoms with van der Waals surface area (Å²) in [5.41, 5.74) is 2.51. The molecule has 0 atom stereocenters. The highest BCUT2D eigenvalue weighted by atomic mass is 19.4. The molecule has 0 aliphatic heterocycles. The summed E-state index contributed by atoms with van der Waals surface area (Å²) >= 11 is 0. The van der Waals surface area contributed by atoms with E-state index in [1.165, 1.54) is 19.1 Å². The van der Waals surface area contributed by atoms with Crippen LogP contribution >= 0.6 is 0 Å². The first-order valence-electron chi connectivity index (χ1n) is 12.0. The van der Waals surface area contributed by atoms with Gasteiger partial charge in [-0.2, -0.15) is 18.2 Å². The van der Waals surface area contributed by atoms with Crippen LogP contribution in [0.4, 0.5) is 33.7 Å². The smallest absolute Gasteiger partial charge is 0.416 e. The summed E-state index contributed by atoms with van der Waals surface area (Å²) in [4.78, 5) is 32.3. The van der Waals surface area contributed by atoms with Gasteiger partial charge in [0.25, 0.3) is 0 Å². The number of carbonyl (C=O) groups is 2. The van der Waals surface area contributed by atoms with Crippen LogP contribution in [0.15, 0.2) is 83.4 Å². The summed E-state index contributed by atoms with van der Waals surface area (Å²) in [5, 5.41) is 4.93. The minimum absolute atomic E-state index is 0.0273. The molecule has 0 radical (unpaired) electrons. The van der Waals surface area contributed by atoms with Crippen molar-refractivity contribution >= 4 is 34.4 Å². The molecule has 2 heterocycles. The molecular weight excluding hydrogens is 528 g/mol. The Morgan fingerprint density at radius 3 is 2.23 bits per heavy atom. The second kappa shape index (κ2) is 10.6. The van der Waals surface area contributed by atoms with Crippen LogP contribution in [0, 0.1) is 5.82 Å². The molecule has 0 fully saturated rings. The van der Waals surface area contributed by atoms with Crippen LogP contribution in [-0.4, -0.2) is 21.8 Å². The summed E-state index contributed by atoms with van der Waals surface area (Å²) in [7, 11) is 0. The van der Waals surface area contributed by atoms with Gasteiger partial charge in [-0.15, -0.1) is 0 Å². The number of carbonyl (C=O) groups excluding carboxylic acids is 2. The van der Waals surface area contributed by atoms with Crippen LogP contribution in [0.3, 0.4) is 0 Å². The van der Waals surface area contributed by atoms with Crippen molar-refractivity contribution in [2.45, 2.75) is 19.5 Å². The Bertz CT molecular complexity index is 1710. The highest BCUT2D eigenvalue weighted by Gasteiger charge is 2.30. The fourth-order valence-electron chi connectivity index (χ4n) is 4.00. The van der Waals surface area contributed by atoms with Crippen LogP contribution in [0.2, 0.25) is 0 Å². The van der Waals surface area contributed by atoms with Gasteiger partial charge in [0.1, 0.15) is 11.6 Å². The standard InChI is InChI=1S/C29H20F4N4O3/c1-16(38)12-17-2-4-18(5-3-17)19-13-25-26(34-15-19)37-27(40-25)23-14-22(10-11-24(23)30)36-28(39)35-21-8-6-20(7-9-21)29(31,32)33/h2-11,13-15H,12H2,1H3,(H2,35,36,39). The number of ketones is 1. The van der Waals surface area contributed by atoms with E-state index in [0.717, 1.165) is 47.0 Å². The van der Waals surface area contributed by atoms with Crippen molar-refractivity contribution in [3.05, 3.63) is 95.9 Å². The van der Waals surface area contributed by atoms with Crippen LogP contribution < -0.4 is 10.6 Å². The zero-order valence-electron chi connectivity index (χ0n) is 20.8. The molecule has 2 amide bonds. The zero-order chi connectivity index (χ0) is 28.4. The average Bonchev–Trinajstić information content (AvgIpc) is 3.33. The van der Waals surface area contributed by atoms with Gasteiger partial charge < -0.3 is 15.1 Å². The molecule has 0 saturated carbocycles. The van der Waals surface area contributed by atoms with E-state index in [1.54, 1.807) is 12.3 Å². The van der Waals surface area contributed by atoms with Crippen LogP contribution in [0.5, 0.6) is 0 Å². The largest absolute Gasteiger partial charge is 0.434 e. The molecule has 0 spiro atoms. The number of hydrogen-bond acceptors (Lipinski definition) is 5. The zero-order valence-corrected chi connectivity index (χ0v) is 20.8. The van der Waals surface area contributed by atoms with Gasteiger partial charge in [0.05, 0.1) is 11.1 Å². The van der Waals surface area contributed by atoms with E-state index < -0.39 is 23.6 Å². The van der Waals surface area contributed by atoms with Gasteiger partial charge in [0.2, 0.25) is 5.89 Å². The predicted molar refractivity (Wildman–Crippen MR) is 141 cm³/mol. The molecule has 40 heavy (non-hydrogen) atoms. The number of oxazole rings is 1. The number of rotatable bonds is 6. The Labute approximate surface area is 224 Å². The van der Waals surface area contributed by atoms with Crippen molar-refractivity contribution in [3.8, 4) is 22.6 Å². The summed E-state index contributed by atoms with van der Waals surface area (Å²) in [6.45, 7) is 1.53. The molecule has 0 saturated heterocycles. The van der Waals surface area contributed by atoms with Crippen molar-refractivity contribution in [2.75, 3.05) is 10.6 Å². The molecule has 0 bridgehead atoms. The van der Waals surface area contributed by atoms with Crippen molar-refractivity contribution in [2.24, 2.45) is 0 Å². The highest BCUT2D eigenvalue weighted by molar-refractivity contribution is 6.00. The molecule has 2 aromatic heterocycles. The molecule has 3 aromatic carbocycles. The molecule has 5 rings (SSSR count). The third kappa shape index (κ3) is 5.98. The number of fused-ring (bicyclic) bond motifs is 1. The minimum atomic E-state index is -4.49. The number of amides is 2. The molecule has 5 aromatic rings. The van der Waals surface area contributed by atoms with E-state index in [1.807, 2.05) is 24.3 Å². The first kappa shape index (κ1) is 26.5. The second-order valence-corrected chi connectivity index (χ2v) is 8.99. The lowest BCUT2D eigenvalue weighted by atomic mass is 10.0. The van der Waals surface area contributed by atoms with Gasteiger partial charge in [0.15, 0.2) is 11.2 Å². The molecule has 0 unspecified atom stereocenters. The lowest BCUT2D eigenvalue weighted by Crippen LogP contribution is -2.19. The molecule has 7 nitrogen and oxygen atoms in total. The second-order valence-electron chi connectivity index (χ2n) is 8.99. The minimum Gasteiger partial charge on any atom is -0.434 e. The number of aromatic nitrogens is 2. The predicted octanol–water partition coefficient (Wildman–Crippen LogP) is 7.49. The van der Waals surface area contributed by atoms with Gasteiger partial charge in [-0.05, 0) is 66.6 Å². The first-order chi connectivity index (χ1) is 19.0. The van der Waals surface area contributed by atoms with Gasteiger partial charge in [-0.1, -0.05) is 24.3 Å². The number of halogens is 4. The number of benzene rings is 3. The van der Waals surface area contributed by atoms with E-state index in [-0.39, 0.29) is 34.3 Å². The SMILES string of the molecule is CC(=O)Cc1ccc(-c2cnc3nc(-c4cc(NC(=O)Nc5ccc(C(F)(F)F)cc5)ccc4F)oc3c2)cc1. The van der Waals surface area contributed by atoms with Gasteiger partial charge in [-0.25, -0.2) is 14.2 Å². The van der Waals surface area contributed by atoms with E-state index >= 15 is 0 Å². The summed E-state index contributed by atoms with van der Waals surface area (Å²) < 4.78 is 58.7. The van der Waals surface area contributed by atoms with E-state index in [0.29, 0.717) is 12.0 Å². The summed E-state index contributed by atoms with van der Waals surface area (Å²) in [6, 6.07) is 16.1. The Hall–Kier alpha value is -5.06. The molecular formula is C29H20F4N4O3. The number of nitrogens with one attached hydrogen (secondary N) is 2. The van der Waals surface area contributed by atoms with Crippen molar-refractivity contribution in [3.63, 3.8) is 0 Å². The van der Waals surface area contributed by atoms with E-state index in [4.69, 9.17) is 4.42 Å². The van der Waals surface area contributed by atoms with Gasteiger partial charge in [0, 0.05) is 29.6 Å². The van der Waals surface area contributed by atoms with Crippen LogP contribution in [0.25, 0.3) is 33.8 Å². The number of alkyl halides is 3. The third-order valence-corrected chi connectivity index (χ3v) is 5.91. The van der Waals surface area contributed by atoms with Crippen LogP contribution in [0.1, 0.15) is 18.1 Å². The van der Waals surface area contributed by atoms with Crippen molar-refractivity contribution < 1.29 is 31.6 Å². The number of nitrogens with zero attached hydrogens (tertiary/aromatic N) is 2. The first-order valence-corrected chi connectivity index (χ1v) is 12.0. The van der Waals surface area contributed by atoms with Crippen molar-refractivity contribution in [1.29, 1.82) is 0 Å². The number of hydrogen-bond donors (Lipinski definition) is 2. The van der Waals surface area contributed by atoms with Gasteiger partial charge >= 0.3 is 12.2 Å². The summed E-state index contributed by atoms with van der Waals surface area (Å²) in [5.74, 6) is -0.640. The molecule has 2 N–H and O–H groups in total. The maximum absolute atomic E-state index is 14.7. The lowest BCUT2D eigenvalue weighted by molar-refractivity contribution is -0.137. The molecule has 11 heteroatoms. The third-order valence-electron chi connectivity index (χ3n) is 5.91. The fraction of sp³-hybridized carbons (Fsp3) is 0.103. The Morgan fingerprint density at radius 1 is 0.875 bits per heavy atom. The molecule has 0 aliphatic rings. The average molecular weight is 548 g/mol. The van der Waals surface area contributed by atoms with Crippen molar-refractivity contribution in [1.82, 2.24) is 9.97 Å². The van der Waals surface area contributed by atoms with E-state index in [2.05, 4.69) is 20.6 Å². The normalized spacial score (nSPS) is 11.4. The maximum Gasteiger partial charge on any atom is 0.416 e. The highest BCUT2D eigenvalue weighted by Crippen LogP contribution is 2.31. The number of Topliss-reactive ketones (excluding diaryl/α,β-unsaturated/α-hetero) is 1. The summed E-state index contributed by atoms with van der Waals surface area (Å²) in [6.07, 6.45) is -2.54. The molecule has 0 aliphatic carbocycles.